The number of carbonyl (C=O) groups excluding carboxylic acids is 2. The molecule has 0 unspecified atom stereocenters. The SMILES string of the molecule is C[C@@H](C(=O)N1C(=O)OC[C@@H]1c1ccccc1)C(C)(C)c1ccccc1. The molecule has 25 heavy (non-hydrogen) atoms. The molecule has 0 saturated carbocycles. The summed E-state index contributed by atoms with van der Waals surface area (Å²) in [7, 11) is 0. The fourth-order valence-electron chi connectivity index (χ4n) is 3.22. The number of imide groups is 1. The second-order valence-electron chi connectivity index (χ2n) is 7.02. The predicted octanol–water partition coefficient (Wildman–Crippen LogP) is 4.32. The van der Waals surface area contributed by atoms with E-state index in [4.69, 9.17) is 4.74 Å². The Morgan fingerprint density at radius 1 is 1.08 bits per heavy atom. The standard InChI is InChI=1S/C21H23NO3/c1-15(21(2,3)17-12-8-5-9-13-17)19(23)22-18(14-25-20(22)24)16-10-6-4-7-11-16/h4-13,15,18H,14H2,1-3H3/t15-,18+/m0/s1. The molecule has 4 heteroatoms. The largest absolute Gasteiger partial charge is 0.446 e. The van der Waals surface area contributed by atoms with Crippen molar-refractivity contribution in [3.8, 4) is 0 Å². The molecule has 1 fully saturated rings. The molecule has 0 bridgehead atoms. The van der Waals surface area contributed by atoms with Crippen LogP contribution in [0.15, 0.2) is 60.7 Å². The number of amides is 2. The van der Waals surface area contributed by atoms with Crippen LogP contribution in [0.25, 0.3) is 0 Å². The number of carbonyl (C=O) groups is 2. The zero-order valence-corrected chi connectivity index (χ0v) is 14.8. The van der Waals surface area contributed by atoms with E-state index in [-0.39, 0.29) is 24.5 Å². The Balaban J connectivity index is 1.89. The van der Waals surface area contributed by atoms with Crippen molar-refractivity contribution in [3.63, 3.8) is 0 Å². The fraction of sp³-hybridized carbons (Fsp3) is 0.333. The van der Waals surface area contributed by atoms with Crippen LogP contribution in [0, 0.1) is 5.92 Å². The Bertz CT molecular complexity index is 755. The first-order valence-electron chi connectivity index (χ1n) is 8.53. The van der Waals surface area contributed by atoms with Gasteiger partial charge in [0.15, 0.2) is 0 Å². The highest BCUT2D eigenvalue weighted by molar-refractivity contribution is 5.95. The molecule has 2 atom stereocenters. The van der Waals surface area contributed by atoms with Gasteiger partial charge in [-0.25, -0.2) is 9.69 Å². The van der Waals surface area contributed by atoms with Gasteiger partial charge in [0.25, 0.3) is 0 Å². The summed E-state index contributed by atoms with van der Waals surface area (Å²) in [4.78, 5) is 26.7. The molecule has 2 amide bonds. The normalized spacial score (nSPS) is 18.8. The maximum absolute atomic E-state index is 13.2. The lowest BCUT2D eigenvalue weighted by Crippen LogP contribution is -2.44. The van der Waals surface area contributed by atoms with Crippen LogP contribution in [-0.4, -0.2) is 23.5 Å². The number of ether oxygens (including phenoxy) is 1. The molecule has 4 nitrogen and oxygen atoms in total. The molecule has 2 aromatic carbocycles. The van der Waals surface area contributed by atoms with Gasteiger partial charge in [0.1, 0.15) is 12.6 Å². The quantitative estimate of drug-likeness (QED) is 0.835. The summed E-state index contributed by atoms with van der Waals surface area (Å²) in [5.74, 6) is -0.572. The smallest absolute Gasteiger partial charge is 0.417 e. The van der Waals surface area contributed by atoms with E-state index in [0.29, 0.717) is 0 Å². The van der Waals surface area contributed by atoms with E-state index in [9.17, 15) is 9.59 Å². The van der Waals surface area contributed by atoms with Crippen molar-refractivity contribution in [1.82, 2.24) is 4.90 Å². The average molecular weight is 337 g/mol. The molecule has 130 valence electrons. The maximum Gasteiger partial charge on any atom is 0.417 e. The lowest BCUT2D eigenvalue weighted by Gasteiger charge is -2.34. The number of rotatable bonds is 4. The minimum atomic E-state index is -0.561. The molecule has 0 N–H and O–H groups in total. The van der Waals surface area contributed by atoms with Crippen molar-refractivity contribution >= 4 is 12.0 Å². The summed E-state index contributed by atoms with van der Waals surface area (Å²) in [5.41, 5.74) is 1.58. The molecule has 0 aliphatic carbocycles. The third-order valence-electron chi connectivity index (χ3n) is 5.27. The van der Waals surface area contributed by atoms with E-state index >= 15 is 0 Å². The molecule has 1 heterocycles. The van der Waals surface area contributed by atoms with Crippen molar-refractivity contribution in [1.29, 1.82) is 0 Å². The van der Waals surface area contributed by atoms with Gasteiger partial charge in [0, 0.05) is 11.3 Å². The highest BCUT2D eigenvalue weighted by atomic mass is 16.6. The number of hydrogen-bond acceptors (Lipinski definition) is 3. The summed E-state index contributed by atoms with van der Waals surface area (Å²) in [6.45, 7) is 6.14. The van der Waals surface area contributed by atoms with Crippen LogP contribution >= 0.6 is 0 Å². The molecule has 1 aliphatic heterocycles. The summed E-state index contributed by atoms with van der Waals surface area (Å²) in [6, 6.07) is 19.1. The zero-order chi connectivity index (χ0) is 18.0. The van der Waals surface area contributed by atoms with Crippen LogP contribution in [0.3, 0.4) is 0 Å². The van der Waals surface area contributed by atoms with Gasteiger partial charge in [-0.1, -0.05) is 81.4 Å². The molecule has 2 aromatic rings. The van der Waals surface area contributed by atoms with E-state index in [1.54, 1.807) is 0 Å². The Kier molecular flexibility index (Phi) is 4.62. The second kappa shape index (κ2) is 6.71. The maximum atomic E-state index is 13.2. The second-order valence-corrected chi connectivity index (χ2v) is 7.02. The summed E-state index contributed by atoms with van der Waals surface area (Å²) >= 11 is 0. The monoisotopic (exact) mass is 337 g/mol. The Hall–Kier alpha value is -2.62. The van der Waals surface area contributed by atoms with E-state index in [2.05, 4.69) is 0 Å². The minimum absolute atomic E-state index is 0.201. The molecule has 1 saturated heterocycles. The van der Waals surface area contributed by atoms with E-state index in [0.717, 1.165) is 11.1 Å². The van der Waals surface area contributed by atoms with Crippen molar-refractivity contribution < 1.29 is 14.3 Å². The van der Waals surface area contributed by atoms with Crippen LogP contribution < -0.4 is 0 Å². The zero-order valence-electron chi connectivity index (χ0n) is 14.8. The van der Waals surface area contributed by atoms with Crippen LogP contribution in [0.5, 0.6) is 0 Å². The molecule has 3 rings (SSSR count). The third-order valence-corrected chi connectivity index (χ3v) is 5.27. The fourth-order valence-corrected chi connectivity index (χ4v) is 3.22. The summed E-state index contributed by atoms with van der Waals surface area (Å²) in [6.07, 6.45) is -0.561. The van der Waals surface area contributed by atoms with E-state index in [1.807, 2.05) is 81.4 Å². The molecule has 0 spiro atoms. The van der Waals surface area contributed by atoms with Crippen molar-refractivity contribution in [2.75, 3.05) is 6.61 Å². The average Bonchev–Trinajstić information content (AvgIpc) is 3.03. The van der Waals surface area contributed by atoms with Gasteiger partial charge < -0.3 is 4.74 Å². The summed E-state index contributed by atoms with van der Waals surface area (Å²) < 4.78 is 5.19. The van der Waals surface area contributed by atoms with Gasteiger partial charge in [-0.2, -0.15) is 0 Å². The molecule has 0 radical (unpaired) electrons. The molecule has 0 aromatic heterocycles. The van der Waals surface area contributed by atoms with Gasteiger partial charge in [-0.3, -0.25) is 4.79 Å². The van der Waals surface area contributed by atoms with Crippen molar-refractivity contribution in [2.24, 2.45) is 5.92 Å². The highest BCUT2D eigenvalue weighted by Gasteiger charge is 2.44. The number of hydrogen-bond donors (Lipinski definition) is 0. The first-order chi connectivity index (χ1) is 11.9. The van der Waals surface area contributed by atoms with Crippen molar-refractivity contribution in [2.45, 2.75) is 32.2 Å². The van der Waals surface area contributed by atoms with Crippen LogP contribution in [-0.2, 0) is 14.9 Å². The van der Waals surface area contributed by atoms with Gasteiger partial charge in [0.05, 0.1) is 0 Å². The molecular weight excluding hydrogens is 314 g/mol. The van der Waals surface area contributed by atoms with Gasteiger partial charge in [0.2, 0.25) is 5.91 Å². The van der Waals surface area contributed by atoms with Gasteiger partial charge >= 0.3 is 6.09 Å². The topological polar surface area (TPSA) is 46.6 Å². The molecule has 1 aliphatic rings. The van der Waals surface area contributed by atoms with Crippen LogP contribution in [0.4, 0.5) is 4.79 Å². The Morgan fingerprint density at radius 3 is 2.24 bits per heavy atom. The third kappa shape index (κ3) is 3.16. The van der Waals surface area contributed by atoms with E-state index in [1.165, 1.54) is 4.90 Å². The first kappa shape index (κ1) is 17.2. The molecular formula is C21H23NO3. The minimum Gasteiger partial charge on any atom is -0.446 e. The summed E-state index contributed by atoms with van der Waals surface area (Å²) in [5, 5.41) is 0. The van der Waals surface area contributed by atoms with Gasteiger partial charge in [-0.05, 0) is 11.1 Å². The van der Waals surface area contributed by atoms with Crippen molar-refractivity contribution in [3.05, 3.63) is 71.8 Å². The van der Waals surface area contributed by atoms with E-state index < -0.39 is 11.5 Å². The lowest BCUT2D eigenvalue weighted by molar-refractivity contribution is -0.135. The predicted molar refractivity (Wildman–Crippen MR) is 96.0 cm³/mol. The number of cyclic esters (lactones) is 1. The van der Waals surface area contributed by atoms with Gasteiger partial charge in [-0.15, -0.1) is 0 Å². The Morgan fingerprint density at radius 2 is 1.64 bits per heavy atom. The van der Waals surface area contributed by atoms with Crippen LogP contribution in [0.2, 0.25) is 0 Å². The first-order valence-corrected chi connectivity index (χ1v) is 8.53. The van der Waals surface area contributed by atoms with Crippen LogP contribution in [0.1, 0.15) is 37.9 Å². The number of nitrogens with zero attached hydrogens (tertiary/aromatic N) is 1. The highest BCUT2D eigenvalue weighted by Crippen LogP contribution is 2.36. The Labute approximate surface area is 148 Å². The lowest BCUT2D eigenvalue weighted by atomic mass is 9.73. The number of benzene rings is 2.